The molecular formula is C23H28N4O4. The SMILES string of the molecule is COc1cc(-c2noc(COCc3cccc(N)c3)n2)ccc1OCCN1CCCC1. The maximum atomic E-state index is 5.93. The lowest BCUT2D eigenvalue weighted by Gasteiger charge is -2.16. The van der Waals surface area contributed by atoms with Crippen LogP contribution in [0.2, 0.25) is 0 Å². The van der Waals surface area contributed by atoms with Crippen LogP contribution in [0.3, 0.4) is 0 Å². The van der Waals surface area contributed by atoms with Crippen molar-refractivity contribution in [3.05, 3.63) is 53.9 Å². The minimum absolute atomic E-state index is 0.219. The predicted molar refractivity (Wildman–Crippen MR) is 117 cm³/mol. The van der Waals surface area contributed by atoms with Gasteiger partial charge in [-0.1, -0.05) is 17.3 Å². The summed E-state index contributed by atoms with van der Waals surface area (Å²) in [5.41, 5.74) is 8.27. The molecule has 0 saturated carbocycles. The van der Waals surface area contributed by atoms with E-state index >= 15 is 0 Å². The Bertz CT molecular complexity index is 985. The number of hydrogen-bond acceptors (Lipinski definition) is 8. The first kappa shape index (κ1) is 21.1. The van der Waals surface area contributed by atoms with Gasteiger partial charge in [-0.05, 0) is 61.8 Å². The number of nitrogens with zero attached hydrogens (tertiary/aromatic N) is 3. The van der Waals surface area contributed by atoms with Gasteiger partial charge in [0.05, 0.1) is 13.7 Å². The molecule has 0 spiro atoms. The average molecular weight is 425 g/mol. The molecule has 0 unspecified atom stereocenters. The van der Waals surface area contributed by atoms with Crippen molar-refractivity contribution in [2.24, 2.45) is 0 Å². The lowest BCUT2D eigenvalue weighted by atomic mass is 10.2. The van der Waals surface area contributed by atoms with Gasteiger partial charge in [0.25, 0.3) is 5.89 Å². The third-order valence-electron chi connectivity index (χ3n) is 5.20. The second kappa shape index (κ2) is 10.3. The number of anilines is 1. The Balaban J connectivity index is 1.32. The number of nitrogens with two attached hydrogens (primary N) is 1. The third kappa shape index (κ3) is 5.74. The molecule has 1 aliphatic heterocycles. The van der Waals surface area contributed by atoms with Crippen LogP contribution in [0.1, 0.15) is 24.3 Å². The largest absolute Gasteiger partial charge is 0.493 e. The second-order valence-electron chi connectivity index (χ2n) is 7.51. The van der Waals surface area contributed by atoms with Crippen molar-refractivity contribution in [2.75, 3.05) is 39.1 Å². The van der Waals surface area contributed by atoms with Crippen molar-refractivity contribution in [3.63, 3.8) is 0 Å². The van der Waals surface area contributed by atoms with Crippen LogP contribution in [0.4, 0.5) is 5.69 Å². The summed E-state index contributed by atoms with van der Waals surface area (Å²) in [6.45, 7) is 4.50. The van der Waals surface area contributed by atoms with E-state index in [2.05, 4.69) is 15.0 Å². The Kier molecular flexibility index (Phi) is 7.01. The monoisotopic (exact) mass is 424 g/mol. The lowest BCUT2D eigenvalue weighted by molar-refractivity contribution is 0.0851. The Hall–Kier alpha value is -3.10. The van der Waals surface area contributed by atoms with E-state index in [-0.39, 0.29) is 6.61 Å². The molecule has 3 aromatic rings. The van der Waals surface area contributed by atoms with Gasteiger partial charge in [0, 0.05) is 17.8 Å². The van der Waals surface area contributed by atoms with E-state index < -0.39 is 0 Å². The molecule has 0 bridgehead atoms. The molecule has 8 nitrogen and oxygen atoms in total. The number of benzene rings is 2. The van der Waals surface area contributed by atoms with Crippen LogP contribution >= 0.6 is 0 Å². The van der Waals surface area contributed by atoms with E-state index in [9.17, 15) is 0 Å². The van der Waals surface area contributed by atoms with Crippen LogP contribution in [-0.4, -0.2) is 48.4 Å². The molecule has 0 atom stereocenters. The van der Waals surface area contributed by atoms with E-state index in [0.717, 1.165) is 30.8 Å². The van der Waals surface area contributed by atoms with Gasteiger partial charge in [0.1, 0.15) is 13.2 Å². The third-order valence-corrected chi connectivity index (χ3v) is 5.20. The molecule has 1 fully saturated rings. The van der Waals surface area contributed by atoms with E-state index in [0.29, 0.717) is 42.1 Å². The highest BCUT2D eigenvalue weighted by atomic mass is 16.5. The molecule has 31 heavy (non-hydrogen) atoms. The Morgan fingerprint density at radius 1 is 1.06 bits per heavy atom. The number of methoxy groups -OCH3 is 1. The van der Waals surface area contributed by atoms with Gasteiger partial charge in [-0.15, -0.1) is 0 Å². The van der Waals surface area contributed by atoms with Crippen LogP contribution < -0.4 is 15.2 Å². The minimum Gasteiger partial charge on any atom is -0.493 e. The molecule has 4 rings (SSSR count). The molecule has 164 valence electrons. The maximum absolute atomic E-state index is 5.93. The summed E-state index contributed by atoms with van der Waals surface area (Å²) in [6, 6.07) is 13.2. The number of ether oxygens (including phenoxy) is 3. The summed E-state index contributed by atoms with van der Waals surface area (Å²) < 4.78 is 22.4. The maximum Gasteiger partial charge on any atom is 0.252 e. The first-order valence-corrected chi connectivity index (χ1v) is 10.5. The Morgan fingerprint density at radius 2 is 1.94 bits per heavy atom. The molecule has 2 heterocycles. The van der Waals surface area contributed by atoms with Gasteiger partial charge < -0.3 is 24.5 Å². The highest BCUT2D eigenvalue weighted by Gasteiger charge is 2.14. The van der Waals surface area contributed by atoms with Crippen molar-refractivity contribution in [2.45, 2.75) is 26.1 Å². The first-order valence-electron chi connectivity index (χ1n) is 10.5. The normalized spacial score (nSPS) is 14.1. The number of hydrogen-bond donors (Lipinski definition) is 1. The standard InChI is InChI=1S/C23H28N4O4/c1-28-21-14-18(7-8-20(21)30-12-11-27-9-2-3-10-27)23-25-22(31-26-23)16-29-15-17-5-4-6-19(24)13-17/h4-8,13-14H,2-3,9-12,15-16,24H2,1H3. The van der Waals surface area contributed by atoms with E-state index in [1.54, 1.807) is 7.11 Å². The fraction of sp³-hybridized carbons (Fsp3) is 0.391. The van der Waals surface area contributed by atoms with Crippen LogP contribution in [0, 0.1) is 0 Å². The summed E-state index contributed by atoms with van der Waals surface area (Å²) >= 11 is 0. The van der Waals surface area contributed by atoms with Gasteiger partial charge in [0.2, 0.25) is 5.82 Å². The number of likely N-dealkylation sites (tertiary alicyclic amines) is 1. The highest BCUT2D eigenvalue weighted by Crippen LogP contribution is 2.31. The smallest absolute Gasteiger partial charge is 0.252 e. The topological polar surface area (TPSA) is 95.9 Å². The van der Waals surface area contributed by atoms with Crippen LogP contribution in [0.15, 0.2) is 47.0 Å². The molecule has 2 N–H and O–H groups in total. The number of nitrogen functional groups attached to an aromatic ring is 1. The molecule has 2 aromatic carbocycles. The molecule has 1 saturated heterocycles. The Labute approximate surface area is 181 Å². The van der Waals surface area contributed by atoms with Crippen LogP contribution in [-0.2, 0) is 18.0 Å². The minimum atomic E-state index is 0.219. The van der Waals surface area contributed by atoms with Crippen molar-refractivity contribution < 1.29 is 18.7 Å². The summed E-state index contributed by atoms with van der Waals surface area (Å²) in [6.07, 6.45) is 2.55. The molecule has 0 aliphatic carbocycles. The molecule has 0 amide bonds. The van der Waals surface area contributed by atoms with Crippen molar-refractivity contribution in [1.29, 1.82) is 0 Å². The Morgan fingerprint density at radius 3 is 2.74 bits per heavy atom. The highest BCUT2D eigenvalue weighted by molar-refractivity contribution is 5.60. The zero-order valence-electron chi connectivity index (χ0n) is 17.8. The van der Waals surface area contributed by atoms with E-state index in [4.69, 9.17) is 24.5 Å². The van der Waals surface area contributed by atoms with Gasteiger partial charge in [-0.25, -0.2) is 0 Å². The summed E-state index contributed by atoms with van der Waals surface area (Å²) in [4.78, 5) is 6.83. The van der Waals surface area contributed by atoms with Crippen molar-refractivity contribution in [1.82, 2.24) is 15.0 Å². The fourth-order valence-corrected chi connectivity index (χ4v) is 3.59. The second-order valence-corrected chi connectivity index (χ2v) is 7.51. The number of rotatable bonds is 10. The zero-order valence-corrected chi connectivity index (χ0v) is 17.8. The molecule has 8 heteroatoms. The van der Waals surface area contributed by atoms with Gasteiger partial charge in [0.15, 0.2) is 11.5 Å². The summed E-state index contributed by atoms with van der Waals surface area (Å²) in [5.74, 6) is 2.23. The molecule has 1 aromatic heterocycles. The average Bonchev–Trinajstić information content (AvgIpc) is 3.46. The zero-order chi connectivity index (χ0) is 21.5. The van der Waals surface area contributed by atoms with Crippen molar-refractivity contribution >= 4 is 5.69 Å². The summed E-state index contributed by atoms with van der Waals surface area (Å²) in [5, 5.41) is 4.06. The van der Waals surface area contributed by atoms with E-state index in [1.165, 1.54) is 12.8 Å². The predicted octanol–water partition coefficient (Wildman–Crippen LogP) is 3.52. The molecule has 1 aliphatic rings. The van der Waals surface area contributed by atoms with E-state index in [1.807, 2.05) is 42.5 Å². The summed E-state index contributed by atoms with van der Waals surface area (Å²) in [7, 11) is 1.62. The number of aromatic nitrogens is 2. The van der Waals surface area contributed by atoms with Gasteiger partial charge >= 0.3 is 0 Å². The van der Waals surface area contributed by atoms with Crippen LogP contribution in [0.5, 0.6) is 11.5 Å². The molecule has 0 radical (unpaired) electrons. The van der Waals surface area contributed by atoms with Crippen LogP contribution in [0.25, 0.3) is 11.4 Å². The van der Waals surface area contributed by atoms with Crippen molar-refractivity contribution in [3.8, 4) is 22.9 Å². The fourth-order valence-electron chi connectivity index (χ4n) is 3.59. The molecular weight excluding hydrogens is 396 g/mol. The lowest BCUT2D eigenvalue weighted by Crippen LogP contribution is -2.25. The quantitative estimate of drug-likeness (QED) is 0.494. The van der Waals surface area contributed by atoms with Gasteiger partial charge in [-0.2, -0.15) is 4.98 Å². The van der Waals surface area contributed by atoms with Gasteiger partial charge in [-0.3, -0.25) is 4.90 Å². The first-order chi connectivity index (χ1) is 15.2.